The highest BCUT2D eigenvalue weighted by molar-refractivity contribution is 5.72. The van der Waals surface area contributed by atoms with Crippen molar-refractivity contribution in [3.05, 3.63) is 23.8 Å². The number of anilines is 2. The Bertz CT molecular complexity index is 312. The molecule has 0 bridgehead atoms. The van der Waals surface area contributed by atoms with Crippen LogP contribution in [-0.2, 0) is 0 Å². The van der Waals surface area contributed by atoms with Crippen molar-refractivity contribution >= 4 is 11.4 Å². The van der Waals surface area contributed by atoms with Crippen molar-refractivity contribution in [2.45, 2.75) is 13.0 Å². The molecule has 1 aromatic rings. The van der Waals surface area contributed by atoms with Gasteiger partial charge in [-0.3, -0.25) is 0 Å². The predicted octanol–water partition coefficient (Wildman–Crippen LogP) is 1.19. The van der Waals surface area contributed by atoms with Gasteiger partial charge in [-0.15, -0.1) is 0 Å². The van der Waals surface area contributed by atoms with Gasteiger partial charge in [0.05, 0.1) is 24.0 Å². The average Bonchev–Trinajstić information content (AvgIpc) is 2.17. The smallest absolute Gasteiger partial charge is 0.0665 e. The van der Waals surface area contributed by atoms with E-state index in [1.807, 2.05) is 6.07 Å². The summed E-state index contributed by atoms with van der Waals surface area (Å²) in [6.45, 7) is 3.02. The van der Waals surface area contributed by atoms with Crippen molar-refractivity contribution in [1.82, 2.24) is 0 Å². The average molecular weight is 178 g/mol. The number of fused-ring (bicyclic) bond motifs is 1. The Hall–Kier alpha value is -1.22. The zero-order valence-electron chi connectivity index (χ0n) is 7.67. The van der Waals surface area contributed by atoms with E-state index in [-0.39, 0.29) is 12.6 Å². The summed E-state index contributed by atoms with van der Waals surface area (Å²) in [5.41, 5.74) is 3.45. The predicted molar refractivity (Wildman–Crippen MR) is 54.2 cm³/mol. The summed E-state index contributed by atoms with van der Waals surface area (Å²) in [6, 6.07) is 6.35. The lowest BCUT2D eigenvalue weighted by Crippen LogP contribution is -2.35. The van der Waals surface area contributed by atoms with Crippen molar-refractivity contribution in [1.29, 1.82) is 0 Å². The molecule has 0 amide bonds. The van der Waals surface area contributed by atoms with Gasteiger partial charge in [0.1, 0.15) is 0 Å². The SMILES string of the molecule is Cc1ccc2c(c1)NCC(CO)N2. The summed E-state index contributed by atoms with van der Waals surface area (Å²) in [5, 5.41) is 15.5. The van der Waals surface area contributed by atoms with Gasteiger partial charge >= 0.3 is 0 Å². The molecular weight excluding hydrogens is 164 g/mol. The maximum absolute atomic E-state index is 8.97. The molecular formula is C10H14N2O. The highest BCUT2D eigenvalue weighted by atomic mass is 16.3. The Morgan fingerprint density at radius 1 is 1.46 bits per heavy atom. The Balaban J connectivity index is 2.26. The molecule has 0 fully saturated rings. The van der Waals surface area contributed by atoms with Crippen LogP contribution in [0.4, 0.5) is 11.4 Å². The molecule has 1 heterocycles. The van der Waals surface area contributed by atoms with Crippen LogP contribution >= 0.6 is 0 Å². The van der Waals surface area contributed by atoms with Crippen LogP contribution in [0.3, 0.4) is 0 Å². The quantitative estimate of drug-likeness (QED) is 0.605. The topological polar surface area (TPSA) is 44.3 Å². The second-order valence-corrected chi connectivity index (χ2v) is 3.45. The fraction of sp³-hybridized carbons (Fsp3) is 0.400. The number of nitrogens with one attached hydrogen (secondary N) is 2. The lowest BCUT2D eigenvalue weighted by Gasteiger charge is -2.27. The van der Waals surface area contributed by atoms with Gasteiger partial charge in [-0.05, 0) is 24.6 Å². The summed E-state index contributed by atoms with van der Waals surface area (Å²) >= 11 is 0. The third-order valence-corrected chi connectivity index (χ3v) is 2.29. The van der Waals surface area contributed by atoms with E-state index >= 15 is 0 Å². The van der Waals surface area contributed by atoms with Gasteiger partial charge in [0.2, 0.25) is 0 Å². The molecule has 3 heteroatoms. The molecule has 0 radical (unpaired) electrons. The molecule has 0 aliphatic carbocycles. The standard InChI is InChI=1S/C10H14N2O/c1-7-2-3-9-10(4-7)11-5-8(6-13)12-9/h2-4,8,11-13H,5-6H2,1H3. The van der Waals surface area contributed by atoms with E-state index in [0.717, 1.165) is 17.9 Å². The fourth-order valence-electron chi connectivity index (χ4n) is 1.54. The minimum Gasteiger partial charge on any atom is -0.394 e. The molecule has 1 aromatic carbocycles. The first-order valence-electron chi connectivity index (χ1n) is 4.51. The van der Waals surface area contributed by atoms with Crippen LogP contribution in [0.15, 0.2) is 18.2 Å². The molecule has 0 aromatic heterocycles. The van der Waals surface area contributed by atoms with Crippen LogP contribution in [-0.4, -0.2) is 24.3 Å². The lowest BCUT2D eigenvalue weighted by molar-refractivity contribution is 0.277. The zero-order chi connectivity index (χ0) is 9.26. The third-order valence-electron chi connectivity index (χ3n) is 2.29. The van der Waals surface area contributed by atoms with Crippen LogP contribution in [0.25, 0.3) is 0 Å². The van der Waals surface area contributed by atoms with Crippen LogP contribution in [0, 0.1) is 6.92 Å². The molecule has 0 saturated heterocycles. The third kappa shape index (κ3) is 1.60. The molecule has 3 nitrogen and oxygen atoms in total. The number of aliphatic hydroxyl groups excluding tert-OH is 1. The van der Waals surface area contributed by atoms with E-state index in [1.165, 1.54) is 5.56 Å². The number of aliphatic hydroxyl groups is 1. The van der Waals surface area contributed by atoms with E-state index in [0.29, 0.717) is 0 Å². The van der Waals surface area contributed by atoms with E-state index in [1.54, 1.807) is 0 Å². The minimum absolute atomic E-state index is 0.134. The largest absolute Gasteiger partial charge is 0.394 e. The molecule has 2 rings (SSSR count). The van der Waals surface area contributed by atoms with E-state index in [4.69, 9.17) is 5.11 Å². The Morgan fingerprint density at radius 3 is 3.08 bits per heavy atom. The molecule has 1 aliphatic heterocycles. The van der Waals surface area contributed by atoms with Crippen molar-refractivity contribution in [3.63, 3.8) is 0 Å². The summed E-state index contributed by atoms with van der Waals surface area (Å²) < 4.78 is 0. The van der Waals surface area contributed by atoms with Crippen molar-refractivity contribution in [2.75, 3.05) is 23.8 Å². The maximum Gasteiger partial charge on any atom is 0.0665 e. The number of rotatable bonds is 1. The summed E-state index contributed by atoms with van der Waals surface area (Å²) in [4.78, 5) is 0. The molecule has 0 spiro atoms. The van der Waals surface area contributed by atoms with Gasteiger partial charge in [-0.1, -0.05) is 6.07 Å². The molecule has 13 heavy (non-hydrogen) atoms. The number of hydrogen-bond acceptors (Lipinski definition) is 3. The summed E-state index contributed by atoms with van der Waals surface area (Å²) in [7, 11) is 0. The number of aryl methyl sites for hydroxylation is 1. The number of hydrogen-bond donors (Lipinski definition) is 3. The Kier molecular flexibility index (Phi) is 2.10. The van der Waals surface area contributed by atoms with E-state index in [9.17, 15) is 0 Å². The molecule has 70 valence electrons. The lowest BCUT2D eigenvalue weighted by atomic mass is 10.1. The zero-order valence-corrected chi connectivity index (χ0v) is 7.67. The summed E-state index contributed by atoms with van der Waals surface area (Å²) in [6.07, 6.45) is 0. The van der Waals surface area contributed by atoms with E-state index < -0.39 is 0 Å². The molecule has 1 unspecified atom stereocenters. The van der Waals surface area contributed by atoms with Crippen molar-refractivity contribution in [3.8, 4) is 0 Å². The van der Waals surface area contributed by atoms with Gasteiger partial charge < -0.3 is 15.7 Å². The first-order valence-corrected chi connectivity index (χ1v) is 4.51. The van der Waals surface area contributed by atoms with Crippen molar-refractivity contribution in [2.24, 2.45) is 0 Å². The van der Waals surface area contributed by atoms with Crippen LogP contribution in [0.2, 0.25) is 0 Å². The van der Waals surface area contributed by atoms with E-state index in [2.05, 4.69) is 29.7 Å². The van der Waals surface area contributed by atoms with Crippen molar-refractivity contribution < 1.29 is 5.11 Å². The highest BCUT2D eigenvalue weighted by Gasteiger charge is 2.15. The van der Waals surface area contributed by atoms with Gasteiger partial charge in [-0.2, -0.15) is 0 Å². The van der Waals surface area contributed by atoms with Crippen LogP contribution < -0.4 is 10.6 Å². The molecule has 0 saturated carbocycles. The summed E-state index contributed by atoms with van der Waals surface area (Å²) in [5.74, 6) is 0. The normalized spacial score (nSPS) is 20.0. The van der Waals surface area contributed by atoms with Crippen LogP contribution in [0.1, 0.15) is 5.56 Å². The minimum atomic E-state index is 0.134. The highest BCUT2D eigenvalue weighted by Crippen LogP contribution is 2.26. The fourth-order valence-corrected chi connectivity index (χ4v) is 1.54. The first kappa shape index (κ1) is 8.38. The van der Waals surface area contributed by atoms with Crippen LogP contribution in [0.5, 0.6) is 0 Å². The monoisotopic (exact) mass is 178 g/mol. The Morgan fingerprint density at radius 2 is 2.31 bits per heavy atom. The van der Waals surface area contributed by atoms with Gasteiger partial charge in [0.15, 0.2) is 0 Å². The second kappa shape index (κ2) is 3.26. The van der Waals surface area contributed by atoms with Gasteiger partial charge in [0, 0.05) is 6.54 Å². The number of benzene rings is 1. The first-order chi connectivity index (χ1) is 6.29. The molecule has 1 aliphatic rings. The maximum atomic E-state index is 8.97. The molecule has 3 N–H and O–H groups in total. The second-order valence-electron chi connectivity index (χ2n) is 3.45. The van der Waals surface area contributed by atoms with Gasteiger partial charge in [-0.25, -0.2) is 0 Å². The molecule has 1 atom stereocenters. The Labute approximate surface area is 77.8 Å². The van der Waals surface area contributed by atoms with Gasteiger partial charge in [0.25, 0.3) is 0 Å².